The van der Waals surface area contributed by atoms with Gasteiger partial charge in [-0.2, -0.15) is 0 Å². The molecule has 1 heterocycles. The molecule has 1 saturated heterocycles. The summed E-state index contributed by atoms with van der Waals surface area (Å²) in [4.78, 5) is 49.0. The van der Waals surface area contributed by atoms with Gasteiger partial charge in [0.1, 0.15) is 11.4 Å². The average molecular weight is 426 g/mol. The van der Waals surface area contributed by atoms with E-state index in [1.54, 1.807) is 24.3 Å². The van der Waals surface area contributed by atoms with E-state index in [0.717, 1.165) is 0 Å². The Bertz CT molecular complexity index is 984. The van der Waals surface area contributed by atoms with Crippen molar-refractivity contribution in [3.8, 4) is 0 Å². The first-order valence-corrected chi connectivity index (χ1v) is 9.77. The Labute approximate surface area is 178 Å². The number of benzene rings is 2. The molecule has 2 aromatic carbocycles. The summed E-state index contributed by atoms with van der Waals surface area (Å²) in [7, 11) is 0. The highest BCUT2D eigenvalue weighted by atomic mass is 16.6. The van der Waals surface area contributed by atoms with Gasteiger partial charge in [-0.3, -0.25) is 29.8 Å². The van der Waals surface area contributed by atoms with E-state index < -0.39 is 9.85 Å². The number of hydrogen-bond acceptors (Lipinski definition) is 8. The van der Waals surface area contributed by atoms with E-state index in [-0.39, 0.29) is 34.1 Å². The van der Waals surface area contributed by atoms with E-state index in [1.165, 1.54) is 26.0 Å². The van der Waals surface area contributed by atoms with E-state index in [9.17, 15) is 29.8 Å². The molecule has 0 saturated carbocycles. The molecular formula is C21H22N4O6. The highest BCUT2D eigenvalue weighted by molar-refractivity contribution is 5.96. The molecule has 162 valence electrons. The average Bonchev–Trinajstić information content (AvgIpc) is 2.98. The van der Waals surface area contributed by atoms with Crippen LogP contribution in [0, 0.1) is 20.2 Å². The predicted molar refractivity (Wildman–Crippen MR) is 115 cm³/mol. The fourth-order valence-electron chi connectivity index (χ4n) is 3.71. The molecule has 0 unspecified atom stereocenters. The van der Waals surface area contributed by atoms with Gasteiger partial charge in [0.25, 0.3) is 11.4 Å². The fraction of sp³-hybridized carbons (Fsp3) is 0.333. The molecule has 0 radical (unpaired) electrons. The monoisotopic (exact) mass is 426 g/mol. The van der Waals surface area contributed by atoms with Crippen molar-refractivity contribution in [1.82, 2.24) is 0 Å². The fourth-order valence-corrected chi connectivity index (χ4v) is 3.71. The van der Waals surface area contributed by atoms with Gasteiger partial charge < -0.3 is 9.80 Å². The lowest BCUT2D eigenvalue weighted by molar-refractivity contribution is -0.384. The Morgan fingerprint density at radius 2 is 1.13 bits per heavy atom. The van der Waals surface area contributed by atoms with Gasteiger partial charge in [0.05, 0.1) is 9.85 Å². The quantitative estimate of drug-likeness (QED) is 0.389. The molecule has 10 heteroatoms. The molecule has 0 bridgehead atoms. The molecule has 0 amide bonds. The van der Waals surface area contributed by atoms with Crippen molar-refractivity contribution in [3.05, 3.63) is 67.8 Å². The SMILES string of the molecule is CC(=O)c1ccc(N2CCCN(c3ccc(C(C)=O)cc3[N+](=O)[O-])CC2)c([N+](=O)[O-])c1. The number of anilines is 2. The molecule has 2 aromatic rings. The zero-order valence-corrected chi connectivity index (χ0v) is 17.2. The second-order valence-electron chi connectivity index (χ2n) is 7.36. The molecule has 10 nitrogen and oxygen atoms in total. The van der Waals surface area contributed by atoms with Gasteiger partial charge >= 0.3 is 0 Å². The van der Waals surface area contributed by atoms with Gasteiger partial charge in [-0.1, -0.05) is 0 Å². The molecule has 1 fully saturated rings. The number of Topliss-reactive ketones (excluding diaryl/α,β-unsaturated/α-hetero) is 2. The number of ketones is 2. The van der Waals surface area contributed by atoms with Crippen LogP contribution in [0.25, 0.3) is 0 Å². The van der Waals surface area contributed by atoms with E-state index in [2.05, 4.69) is 0 Å². The summed E-state index contributed by atoms with van der Waals surface area (Å²) in [5.41, 5.74) is 1.09. The number of nitro benzene ring substituents is 2. The summed E-state index contributed by atoms with van der Waals surface area (Å²) >= 11 is 0. The number of nitro groups is 2. The highest BCUT2D eigenvalue weighted by Gasteiger charge is 2.26. The standard InChI is InChI=1S/C21H22N4O6/c1-14(26)16-4-6-18(20(12-16)24(28)29)22-8-3-9-23(11-10-22)19-7-5-17(15(2)27)13-21(19)25(30)31/h4-7,12-13H,3,8-11H2,1-2H3. The minimum absolute atomic E-state index is 0.141. The number of carbonyl (C=O) groups excluding carboxylic acids is 2. The van der Waals surface area contributed by atoms with Crippen LogP contribution in [0.1, 0.15) is 41.0 Å². The van der Waals surface area contributed by atoms with Crippen LogP contribution < -0.4 is 9.80 Å². The zero-order chi connectivity index (χ0) is 22.7. The van der Waals surface area contributed by atoms with Gasteiger partial charge in [0.2, 0.25) is 0 Å². The van der Waals surface area contributed by atoms with Crippen molar-refractivity contribution < 1.29 is 19.4 Å². The zero-order valence-electron chi connectivity index (χ0n) is 17.2. The van der Waals surface area contributed by atoms with Crippen molar-refractivity contribution in [3.63, 3.8) is 0 Å². The first kappa shape index (κ1) is 21.9. The molecule has 0 atom stereocenters. The van der Waals surface area contributed by atoms with E-state index in [4.69, 9.17) is 0 Å². The molecule has 1 aliphatic rings. The van der Waals surface area contributed by atoms with Crippen LogP contribution in [0.4, 0.5) is 22.7 Å². The van der Waals surface area contributed by atoms with Crippen molar-refractivity contribution in [2.45, 2.75) is 20.3 Å². The Morgan fingerprint density at radius 1 is 0.742 bits per heavy atom. The first-order chi connectivity index (χ1) is 14.7. The van der Waals surface area contributed by atoms with Crippen molar-refractivity contribution in [1.29, 1.82) is 0 Å². The number of hydrogen-bond donors (Lipinski definition) is 0. The molecule has 31 heavy (non-hydrogen) atoms. The van der Waals surface area contributed by atoms with Crippen molar-refractivity contribution >= 4 is 34.3 Å². The maximum absolute atomic E-state index is 11.6. The summed E-state index contributed by atoms with van der Waals surface area (Å²) in [6, 6.07) is 8.86. The number of carbonyl (C=O) groups is 2. The van der Waals surface area contributed by atoms with E-state index in [1.807, 2.05) is 9.80 Å². The lowest BCUT2D eigenvalue weighted by atomic mass is 10.1. The Balaban J connectivity index is 1.88. The lowest BCUT2D eigenvalue weighted by Gasteiger charge is -2.24. The Kier molecular flexibility index (Phi) is 6.28. The maximum atomic E-state index is 11.6. The molecule has 0 aliphatic carbocycles. The van der Waals surface area contributed by atoms with Gasteiger partial charge in [-0.15, -0.1) is 0 Å². The van der Waals surface area contributed by atoms with Gasteiger partial charge in [-0.05, 0) is 44.5 Å². The summed E-state index contributed by atoms with van der Waals surface area (Å²) in [6.45, 7) is 4.57. The summed E-state index contributed by atoms with van der Waals surface area (Å²) < 4.78 is 0. The second-order valence-corrected chi connectivity index (χ2v) is 7.36. The van der Waals surface area contributed by atoms with Crippen molar-refractivity contribution in [2.24, 2.45) is 0 Å². The van der Waals surface area contributed by atoms with Crippen LogP contribution in [0.15, 0.2) is 36.4 Å². The molecule has 0 N–H and O–H groups in total. The minimum atomic E-state index is -0.504. The summed E-state index contributed by atoms with van der Waals surface area (Å²) in [5.74, 6) is -0.504. The summed E-state index contributed by atoms with van der Waals surface area (Å²) in [6.07, 6.45) is 0.622. The highest BCUT2D eigenvalue weighted by Crippen LogP contribution is 2.33. The van der Waals surface area contributed by atoms with Crippen molar-refractivity contribution in [2.75, 3.05) is 36.0 Å². The third kappa shape index (κ3) is 4.68. The molecular weight excluding hydrogens is 404 g/mol. The first-order valence-electron chi connectivity index (χ1n) is 9.77. The third-order valence-corrected chi connectivity index (χ3v) is 5.33. The minimum Gasteiger partial charge on any atom is -0.364 e. The van der Waals surface area contributed by atoms with Gasteiger partial charge in [0, 0.05) is 49.4 Å². The van der Waals surface area contributed by atoms with Crippen LogP contribution in [0.2, 0.25) is 0 Å². The van der Waals surface area contributed by atoms with E-state index in [0.29, 0.717) is 44.0 Å². The molecule has 1 aliphatic heterocycles. The van der Waals surface area contributed by atoms with Gasteiger partial charge in [0.15, 0.2) is 11.6 Å². The van der Waals surface area contributed by atoms with Crippen LogP contribution >= 0.6 is 0 Å². The van der Waals surface area contributed by atoms with E-state index >= 15 is 0 Å². The normalized spacial score (nSPS) is 14.1. The van der Waals surface area contributed by atoms with Crippen LogP contribution in [-0.2, 0) is 0 Å². The molecule has 0 spiro atoms. The van der Waals surface area contributed by atoms with Crippen LogP contribution in [0.5, 0.6) is 0 Å². The topological polar surface area (TPSA) is 127 Å². The largest absolute Gasteiger partial charge is 0.364 e. The lowest BCUT2D eigenvalue weighted by Crippen LogP contribution is -2.31. The molecule has 0 aromatic heterocycles. The van der Waals surface area contributed by atoms with Gasteiger partial charge in [-0.25, -0.2) is 0 Å². The smallest absolute Gasteiger partial charge is 0.293 e. The Hall–Kier alpha value is -3.82. The predicted octanol–water partition coefficient (Wildman–Crippen LogP) is 3.62. The number of rotatable bonds is 6. The maximum Gasteiger partial charge on any atom is 0.293 e. The summed E-state index contributed by atoms with van der Waals surface area (Å²) in [5, 5.41) is 23.1. The molecule has 3 rings (SSSR count). The van der Waals surface area contributed by atoms with Crippen LogP contribution in [0.3, 0.4) is 0 Å². The second kappa shape index (κ2) is 8.90. The third-order valence-electron chi connectivity index (χ3n) is 5.33. The Morgan fingerprint density at radius 3 is 1.45 bits per heavy atom. The van der Waals surface area contributed by atoms with Crippen LogP contribution in [-0.4, -0.2) is 47.6 Å². The number of nitrogens with zero attached hydrogens (tertiary/aromatic N) is 4.